The topological polar surface area (TPSA) is 29.3 Å². The first-order chi connectivity index (χ1) is 8.30. The highest BCUT2D eigenvalue weighted by molar-refractivity contribution is 4.96. The highest BCUT2D eigenvalue weighted by Gasteiger charge is 2.38. The molecule has 0 heterocycles. The van der Waals surface area contributed by atoms with Crippen molar-refractivity contribution >= 4 is 0 Å². The van der Waals surface area contributed by atoms with Gasteiger partial charge < -0.3 is 5.73 Å². The first kappa shape index (κ1) is 13.4. The molecule has 0 unspecified atom stereocenters. The molecule has 100 valence electrons. The van der Waals surface area contributed by atoms with E-state index in [1.54, 1.807) is 0 Å². The second kappa shape index (κ2) is 6.19. The van der Waals surface area contributed by atoms with Crippen LogP contribution >= 0.6 is 0 Å². The summed E-state index contributed by atoms with van der Waals surface area (Å²) in [4.78, 5) is 2.73. The van der Waals surface area contributed by atoms with Gasteiger partial charge in [-0.2, -0.15) is 0 Å². The molecule has 2 fully saturated rings. The van der Waals surface area contributed by atoms with Crippen LogP contribution in [0.1, 0.15) is 64.7 Å². The molecule has 2 aliphatic carbocycles. The van der Waals surface area contributed by atoms with Gasteiger partial charge in [0.15, 0.2) is 0 Å². The van der Waals surface area contributed by atoms with Gasteiger partial charge in [0, 0.05) is 18.6 Å². The summed E-state index contributed by atoms with van der Waals surface area (Å²) in [7, 11) is 0. The van der Waals surface area contributed by atoms with Gasteiger partial charge in [0.2, 0.25) is 0 Å². The molecular weight excluding hydrogens is 208 g/mol. The van der Waals surface area contributed by atoms with Gasteiger partial charge in [0.25, 0.3) is 0 Å². The summed E-state index contributed by atoms with van der Waals surface area (Å²) >= 11 is 0. The van der Waals surface area contributed by atoms with E-state index in [1.807, 2.05) is 0 Å². The van der Waals surface area contributed by atoms with E-state index in [2.05, 4.69) is 11.8 Å². The molecule has 0 saturated heterocycles. The minimum atomic E-state index is 0.367. The van der Waals surface area contributed by atoms with Crippen LogP contribution in [0.2, 0.25) is 0 Å². The van der Waals surface area contributed by atoms with Gasteiger partial charge in [-0.05, 0) is 38.1 Å². The van der Waals surface area contributed by atoms with Gasteiger partial charge in [-0.15, -0.1) is 0 Å². The predicted octanol–water partition coefficient (Wildman–Crippen LogP) is 3.16. The Morgan fingerprint density at radius 2 is 1.71 bits per heavy atom. The summed E-state index contributed by atoms with van der Waals surface area (Å²) in [6.45, 7) is 5.69. The first-order valence-electron chi connectivity index (χ1n) is 7.76. The molecule has 2 saturated carbocycles. The van der Waals surface area contributed by atoms with Crippen LogP contribution in [0.5, 0.6) is 0 Å². The molecule has 0 aromatic heterocycles. The number of hydrogen-bond donors (Lipinski definition) is 1. The molecule has 2 nitrogen and oxygen atoms in total. The molecule has 2 rings (SSSR count). The summed E-state index contributed by atoms with van der Waals surface area (Å²) in [6, 6.07) is 0. The molecule has 17 heavy (non-hydrogen) atoms. The SMILES string of the molecule is CCN(CC1CCCCC1)C1(CN)CCCC1. The summed E-state index contributed by atoms with van der Waals surface area (Å²) in [5.41, 5.74) is 6.48. The molecule has 0 radical (unpaired) electrons. The van der Waals surface area contributed by atoms with Crippen LogP contribution in [0.3, 0.4) is 0 Å². The molecule has 2 aliphatic rings. The standard InChI is InChI=1S/C15H30N2/c1-2-17(12-14-8-4-3-5-9-14)15(13-16)10-6-7-11-15/h14H,2-13,16H2,1H3. The van der Waals surface area contributed by atoms with E-state index >= 15 is 0 Å². The number of nitrogens with zero attached hydrogens (tertiary/aromatic N) is 1. The third-order valence-electron chi connectivity index (χ3n) is 5.17. The summed E-state index contributed by atoms with van der Waals surface area (Å²) in [5.74, 6) is 0.952. The van der Waals surface area contributed by atoms with Crippen molar-refractivity contribution in [1.29, 1.82) is 0 Å². The zero-order valence-corrected chi connectivity index (χ0v) is 11.6. The highest BCUT2D eigenvalue weighted by atomic mass is 15.2. The van der Waals surface area contributed by atoms with Crippen LogP contribution in [-0.2, 0) is 0 Å². The monoisotopic (exact) mass is 238 g/mol. The first-order valence-corrected chi connectivity index (χ1v) is 7.76. The zero-order chi connectivity index (χ0) is 12.1. The van der Waals surface area contributed by atoms with Gasteiger partial charge in [-0.25, -0.2) is 0 Å². The van der Waals surface area contributed by atoms with E-state index in [1.165, 1.54) is 70.9 Å². The Morgan fingerprint density at radius 3 is 2.24 bits per heavy atom. The van der Waals surface area contributed by atoms with E-state index in [0.29, 0.717) is 5.54 Å². The predicted molar refractivity (Wildman–Crippen MR) is 74.1 cm³/mol. The van der Waals surface area contributed by atoms with Crippen molar-refractivity contribution in [3.63, 3.8) is 0 Å². The van der Waals surface area contributed by atoms with Crippen molar-refractivity contribution < 1.29 is 0 Å². The van der Waals surface area contributed by atoms with Crippen LogP contribution in [-0.4, -0.2) is 30.1 Å². The molecule has 2 N–H and O–H groups in total. The number of nitrogens with two attached hydrogens (primary N) is 1. The molecule has 2 heteroatoms. The maximum Gasteiger partial charge on any atom is 0.0331 e. The van der Waals surface area contributed by atoms with Gasteiger partial charge >= 0.3 is 0 Å². The van der Waals surface area contributed by atoms with Gasteiger partial charge in [0.1, 0.15) is 0 Å². The average Bonchev–Trinajstić information content (AvgIpc) is 2.87. The van der Waals surface area contributed by atoms with Crippen molar-refractivity contribution in [3.05, 3.63) is 0 Å². The Hall–Kier alpha value is -0.0800. The van der Waals surface area contributed by atoms with E-state index in [9.17, 15) is 0 Å². The summed E-state index contributed by atoms with van der Waals surface area (Å²) in [6.07, 6.45) is 12.7. The van der Waals surface area contributed by atoms with Crippen molar-refractivity contribution in [2.24, 2.45) is 11.7 Å². The molecule has 0 amide bonds. The van der Waals surface area contributed by atoms with Gasteiger partial charge in [-0.3, -0.25) is 4.90 Å². The number of hydrogen-bond acceptors (Lipinski definition) is 2. The third-order valence-corrected chi connectivity index (χ3v) is 5.17. The third kappa shape index (κ3) is 3.03. The highest BCUT2D eigenvalue weighted by Crippen LogP contribution is 2.36. The molecule has 0 aromatic carbocycles. The molecule has 0 bridgehead atoms. The molecule has 0 aromatic rings. The van der Waals surface area contributed by atoms with Crippen molar-refractivity contribution in [2.75, 3.05) is 19.6 Å². The van der Waals surface area contributed by atoms with Crippen LogP contribution in [0.25, 0.3) is 0 Å². The minimum Gasteiger partial charge on any atom is -0.329 e. The Morgan fingerprint density at radius 1 is 1.06 bits per heavy atom. The second-order valence-corrected chi connectivity index (χ2v) is 6.18. The fraction of sp³-hybridized carbons (Fsp3) is 1.00. The smallest absolute Gasteiger partial charge is 0.0331 e. The van der Waals surface area contributed by atoms with E-state index in [0.717, 1.165) is 12.5 Å². The van der Waals surface area contributed by atoms with Crippen molar-refractivity contribution in [1.82, 2.24) is 4.90 Å². The Bertz CT molecular complexity index is 215. The lowest BCUT2D eigenvalue weighted by molar-refractivity contribution is 0.0772. The largest absolute Gasteiger partial charge is 0.329 e. The minimum absolute atomic E-state index is 0.367. The van der Waals surface area contributed by atoms with Gasteiger partial charge in [-0.1, -0.05) is 39.0 Å². The van der Waals surface area contributed by atoms with Gasteiger partial charge in [0.05, 0.1) is 0 Å². The van der Waals surface area contributed by atoms with Crippen LogP contribution < -0.4 is 5.73 Å². The molecule has 0 spiro atoms. The Labute approximate surface area is 107 Å². The van der Waals surface area contributed by atoms with Crippen LogP contribution in [0.4, 0.5) is 0 Å². The van der Waals surface area contributed by atoms with E-state index in [4.69, 9.17) is 5.73 Å². The maximum atomic E-state index is 6.11. The van der Waals surface area contributed by atoms with E-state index < -0.39 is 0 Å². The number of rotatable bonds is 5. The van der Waals surface area contributed by atoms with E-state index in [-0.39, 0.29) is 0 Å². The Kier molecular flexibility index (Phi) is 4.87. The maximum absolute atomic E-state index is 6.11. The normalized spacial score (nSPS) is 25.6. The molecular formula is C15H30N2. The number of likely N-dealkylation sites (N-methyl/N-ethyl adjacent to an activating group) is 1. The van der Waals surface area contributed by atoms with Crippen molar-refractivity contribution in [2.45, 2.75) is 70.3 Å². The zero-order valence-electron chi connectivity index (χ0n) is 11.6. The average molecular weight is 238 g/mol. The van der Waals surface area contributed by atoms with Crippen LogP contribution in [0, 0.1) is 5.92 Å². The Balaban J connectivity index is 1.94. The lowest BCUT2D eigenvalue weighted by Gasteiger charge is -2.42. The van der Waals surface area contributed by atoms with Crippen LogP contribution in [0.15, 0.2) is 0 Å². The molecule has 0 atom stereocenters. The lowest BCUT2D eigenvalue weighted by Crippen LogP contribution is -2.53. The lowest BCUT2D eigenvalue weighted by atomic mass is 9.86. The molecule has 0 aliphatic heterocycles. The quantitative estimate of drug-likeness (QED) is 0.797. The fourth-order valence-corrected chi connectivity index (χ4v) is 4.02. The summed E-state index contributed by atoms with van der Waals surface area (Å²) < 4.78 is 0. The fourth-order valence-electron chi connectivity index (χ4n) is 4.02. The summed E-state index contributed by atoms with van der Waals surface area (Å²) in [5, 5.41) is 0. The second-order valence-electron chi connectivity index (χ2n) is 6.18. The van der Waals surface area contributed by atoms with Crippen molar-refractivity contribution in [3.8, 4) is 0 Å².